The lowest BCUT2D eigenvalue weighted by Gasteiger charge is -2.23. The van der Waals surface area contributed by atoms with Crippen molar-refractivity contribution in [3.8, 4) is 5.75 Å². The molecule has 1 aliphatic heterocycles. The Hall–Kier alpha value is -2.44. The number of anilines is 1. The summed E-state index contributed by atoms with van der Waals surface area (Å²) in [6.45, 7) is 2.26. The number of carbonyl (C=O) groups is 1. The Morgan fingerprint density at radius 3 is 2.96 bits per heavy atom. The van der Waals surface area contributed by atoms with Gasteiger partial charge in [-0.3, -0.25) is 4.79 Å². The van der Waals surface area contributed by atoms with E-state index in [2.05, 4.69) is 10.6 Å². The second-order valence-electron chi connectivity index (χ2n) is 5.92. The van der Waals surface area contributed by atoms with Crippen molar-refractivity contribution >= 4 is 11.6 Å². The van der Waals surface area contributed by atoms with Crippen LogP contribution in [0.4, 0.5) is 10.1 Å². The summed E-state index contributed by atoms with van der Waals surface area (Å²) in [5, 5.41) is 6.11. The van der Waals surface area contributed by atoms with E-state index in [4.69, 9.17) is 9.47 Å². The van der Waals surface area contributed by atoms with Crippen LogP contribution < -0.4 is 15.4 Å². The summed E-state index contributed by atoms with van der Waals surface area (Å²) < 4.78 is 24.2. The van der Waals surface area contributed by atoms with E-state index in [0.29, 0.717) is 31.1 Å². The third-order valence-corrected chi connectivity index (χ3v) is 3.84. The first kappa shape index (κ1) is 17.4. The SMILES string of the molecule is O=C(CC1COCCN1)Nc1cccc(OCc2cccc(F)c2)c1. The molecular weight excluding hydrogens is 323 g/mol. The van der Waals surface area contributed by atoms with Gasteiger partial charge in [-0.1, -0.05) is 18.2 Å². The van der Waals surface area contributed by atoms with Crippen LogP contribution in [-0.4, -0.2) is 31.7 Å². The van der Waals surface area contributed by atoms with Crippen molar-refractivity contribution in [3.63, 3.8) is 0 Å². The fourth-order valence-corrected chi connectivity index (χ4v) is 2.64. The van der Waals surface area contributed by atoms with E-state index in [9.17, 15) is 9.18 Å². The monoisotopic (exact) mass is 344 g/mol. The number of hydrogen-bond acceptors (Lipinski definition) is 4. The molecule has 0 bridgehead atoms. The van der Waals surface area contributed by atoms with Crippen LogP contribution in [0.2, 0.25) is 0 Å². The van der Waals surface area contributed by atoms with Gasteiger partial charge in [0.05, 0.1) is 13.2 Å². The fourth-order valence-electron chi connectivity index (χ4n) is 2.64. The van der Waals surface area contributed by atoms with E-state index in [-0.39, 0.29) is 24.4 Å². The maximum absolute atomic E-state index is 13.2. The molecule has 1 fully saturated rings. The standard InChI is InChI=1S/C19H21FN2O3/c20-15-4-1-3-14(9-15)12-25-18-6-2-5-16(10-18)22-19(23)11-17-13-24-8-7-21-17/h1-6,9-10,17,21H,7-8,11-13H2,(H,22,23). The Kier molecular flexibility index (Phi) is 5.98. The normalized spacial score (nSPS) is 17.1. The number of morpholine rings is 1. The summed E-state index contributed by atoms with van der Waals surface area (Å²) in [6, 6.07) is 13.5. The van der Waals surface area contributed by atoms with Gasteiger partial charge in [0.1, 0.15) is 18.2 Å². The molecule has 0 radical (unpaired) electrons. The molecule has 1 saturated heterocycles. The Morgan fingerprint density at radius 1 is 1.28 bits per heavy atom. The molecule has 6 heteroatoms. The quantitative estimate of drug-likeness (QED) is 0.846. The highest BCUT2D eigenvalue weighted by Crippen LogP contribution is 2.19. The molecule has 2 aromatic carbocycles. The van der Waals surface area contributed by atoms with Crippen molar-refractivity contribution < 1.29 is 18.7 Å². The van der Waals surface area contributed by atoms with Gasteiger partial charge in [0.15, 0.2) is 0 Å². The van der Waals surface area contributed by atoms with Crippen molar-refractivity contribution in [3.05, 3.63) is 59.9 Å². The highest BCUT2D eigenvalue weighted by atomic mass is 19.1. The van der Waals surface area contributed by atoms with Gasteiger partial charge in [0.2, 0.25) is 5.91 Å². The van der Waals surface area contributed by atoms with E-state index in [1.54, 1.807) is 36.4 Å². The van der Waals surface area contributed by atoms with Crippen LogP contribution in [0.1, 0.15) is 12.0 Å². The van der Waals surface area contributed by atoms with Crippen LogP contribution in [0.3, 0.4) is 0 Å². The highest BCUT2D eigenvalue weighted by molar-refractivity contribution is 5.91. The minimum atomic E-state index is -0.289. The van der Waals surface area contributed by atoms with Gasteiger partial charge in [-0.15, -0.1) is 0 Å². The summed E-state index contributed by atoms with van der Waals surface area (Å²) in [4.78, 5) is 12.1. The predicted octanol–water partition coefficient (Wildman–Crippen LogP) is 2.72. The van der Waals surface area contributed by atoms with Gasteiger partial charge in [-0.2, -0.15) is 0 Å². The van der Waals surface area contributed by atoms with E-state index in [0.717, 1.165) is 12.1 Å². The number of ether oxygens (including phenoxy) is 2. The molecule has 3 rings (SSSR count). The Bertz CT molecular complexity index is 717. The molecule has 1 atom stereocenters. The van der Waals surface area contributed by atoms with Crippen LogP contribution in [0, 0.1) is 5.82 Å². The van der Waals surface area contributed by atoms with Gasteiger partial charge in [-0.05, 0) is 29.8 Å². The molecule has 132 valence electrons. The third kappa shape index (κ3) is 5.55. The maximum Gasteiger partial charge on any atom is 0.226 e. The smallest absolute Gasteiger partial charge is 0.226 e. The number of nitrogens with one attached hydrogen (secondary N) is 2. The van der Waals surface area contributed by atoms with Gasteiger partial charge in [0, 0.05) is 30.8 Å². The zero-order chi connectivity index (χ0) is 17.5. The zero-order valence-corrected chi connectivity index (χ0v) is 13.8. The molecular formula is C19H21FN2O3. The molecule has 0 aliphatic carbocycles. The zero-order valence-electron chi connectivity index (χ0n) is 13.8. The summed E-state index contributed by atoms with van der Waals surface area (Å²) in [7, 11) is 0. The van der Waals surface area contributed by atoms with Gasteiger partial charge in [-0.25, -0.2) is 4.39 Å². The van der Waals surface area contributed by atoms with Crippen molar-refractivity contribution in [2.24, 2.45) is 0 Å². The van der Waals surface area contributed by atoms with E-state index in [1.165, 1.54) is 12.1 Å². The van der Waals surface area contributed by atoms with Gasteiger partial charge in [0.25, 0.3) is 0 Å². The molecule has 5 nitrogen and oxygen atoms in total. The van der Waals surface area contributed by atoms with Crippen LogP contribution >= 0.6 is 0 Å². The lowest BCUT2D eigenvalue weighted by atomic mass is 10.2. The van der Waals surface area contributed by atoms with E-state index < -0.39 is 0 Å². The van der Waals surface area contributed by atoms with Gasteiger partial charge >= 0.3 is 0 Å². The molecule has 0 aromatic heterocycles. The van der Waals surface area contributed by atoms with Gasteiger partial charge < -0.3 is 20.1 Å². The average molecular weight is 344 g/mol. The minimum absolute atomic E-state index is 0.0427. The summed E-state index contributed by atoms with van der Waals surface area (Å²) in [6.07, 6.45) is 0.356. The Labute approximate surface area is 146 Å². The fraction of sp³-hybridized carbons (Fsp3) is 0.316. The van der Waals surface area contributed by atoms with E-state index >= 15 is 0 Å². The second kappa shape index (κ2) is 8.60. The molecule has 1 aliphatic rings. The Morgan fingerprint density at radius 2 is 2.16 bits per heavy atom. The minimum Gasteiger partial charge on any atom is -0.489 e. The van der Waals surface area contributed by atoms with Crippen LogP contribution in [0.5, 0.6) is 5.75 Å². The molecule has 2 aromatic rings. The summed E-state index contributed by atoms with van der Waals surface area (Å²) in [5.41, 5.74) is 1.41. The average Bonchev–Trinajstić information content (AvgIpc) is 2.61. The topological polar surface area (TPSA) is 59.6 Å². The predicted molar refractivity (Wildman–Crippen MR) is 93.0 cm³/mol. The number of halogens is 1. The first-order valence-corrected chi connectivity index (χ1v) is 8.27. The molecule has 25 heavy (non-hydrogen) atoms. The summed E-state index contributed by atoms with van der Waals surface area (Å²) >= 11 is 0. The number of carbonyl (C=O) groups excluding carboxylic acids is 1. The maximum atomic E-state index is 13.2. The second-order valence-corrected chi connectivity index (χ2v) is 5.92. The largest absolute Gasteiger partial charge is 0.489 e. The lowest BCUT2D eigenvalue weighted by Crippen LogP contribution is -2.43. The lowest BCUT2D eigenvalue weighted by molar-refractivity contribution is -0.117. The highest BCUT2D eigenvalue weighted by Gasteiger charge is 2.16. The van der Waals surface area contributed by atoms with Crippen LogP contribution in [0.25, 0.3) is 0 Å². The van der Waals surface area contributed by atoms with E-state index in [1.807, 2.05) is 0 Å². The molecule has 1 amide bonds. The molecule has 1 heterocycles. The molecule has 2 N–H and O–H groups in total. The first-order valence-electron chi connectivity index (χ1n) is 8.27. The molecule has 0 spiro atoms. The molecule has 0 saturated carbocycles. The number of rotatable bonds is 6. The Balaban J connectivity index is 1.52. The van der Waals surface area contributed by atoms with Crippen LogP contribution in [-0.2, 0) is 16.1 Å². The molecule has 1 unspecified atom stereocenters. The first-order chi connectivity index (χ1) is 12.2. The van der Waals surface area contributed by atoms with Crippen molar-refractivity contribution in [2.75, 3.05) is 25.1 Å². The number of amides is 1. The van der Waals surface area contributed by atoms with Crippen molar-refractivity contribution in [1.29, 1.82) is 0 Å². The number of benzene rings is 2. The summed E-state index contributed by atoms with van der Waals surface area (Å²) in [5.74, 6) is 0.244. The van der Waals surface area contributed by atoms with Crippen molar-refractivity contribution in [1.82, 2.24) is 5.32 Å². The van der Waals surface area contributed by atoms with Crippen LogP contribution in [0.15, 0.2) is 48.5 Å². The van der Waals surface area contributed by atoms with Crippen molar-refractivity contribution in [2.45, 2.75) is 19.1 Å². The third-order valence-electron chi connectivity index (χ3n) is 3.84. The number of hydrogen-bond donors (Lipinski definition) is 2.